The van der Waals surface area contributed by atoms with Crippen LogP contribution in [0.2, 0.25) is 0 Å². The summed E-state index contributed by atoms with van der Waals surface area (Å²) in [6.45, 7) is 5.34. The van der Waals surface area contributed by atoms with E-state index in [-0.39, 0.29) is 36.1 Å². The smallest absolute Gasteiger partial charge is 0.255 e. The molecule has 3 N–H and O–H groups in total. The van der Waals surface area contributed by atoms with Gasteiger partial charge in [-0.15, -0.1) is 5.10 Å². The Labute approximate surface area is 266 Å². The Morgan fingerprint density at radius 2 is 1.76 bits per heavy atom. The zero-order chi connectivity index (χ0) is 31.6. The van der Waals surface area contributed by atoms with Crippen molar-refractivity contribution in [1.82, 2.24) is 30.5 Å². The zero-order valence-corrected chi connectivity index (χ0v) is 26.7. The van der Waals surface area contributed by atoms with Gasteiger partial charge in [-0.3, -0.25) is 29.2 Å². The van der Waals surface area contributed by atoms with Gasteiger partial charge in [0.2, 0.25) is 17.7 Å². The molecule has 1 saturated carbocycles. The Kier molecular flexibility index (Phi) is 11.4. The molecular formula is C34H49N7O4. The summed E-state index contributed by atoms with van der Waals surface area (Å²) in [5, 5.41) is 17.7. The molecular weight excluding hydrogens is 570 g/mol. The SMILES string of the molecule is CC1(c2cn(CCNCCCCCCCCCC(=O)Nc3cccc4c3CN(C3CCC(=O)NC3=O)C4=O)nn2)CCCCC1. The van der Waals surface area contributed by atoms with Gasteiger partial charge in [-0.2, -0.15) is 0 Å². The Morgan fingerprint density at radius 3 is 2.53 bits per heavy atom. The lowest BCUT2D eigenvalue weighted by Crippen LogP contribution is -2.52. The van der Waals surface area contributed by atoms with E-state index < -0.39 is 11.9 Å². The van der Waals surface area contributed by atoms with Gasteiger partial charge < -0.3 is 15.5 Å². The van der Waals surface area contributed by atoms with Crippen LogP contribution in [-0.4, -0.2) is 62.7 Å². The van der Waals surface area contributed by atoms with E-state index in [1.165, 1.54) is 56.3 Å². The van der Waals surface area contributed by atoms with E-state index in [2.05, 4.69) is 39.4 Å². The van der Waals surface area contributed by atoms with Crippen molar-refractivity contribution in [2.75, 3.05) is 18.4 Å². The first-order valence-electron chi connectivity index (χ1n) is 17.0. The van der Waals surface area contributed by atoms with Crippen molar-refractivity contribution < 1.29 is 19.2 Å². The van der Waals surface area contributed by atoms with Crippen LogP contribution in [0.3, 0.4) is 0 Å². The maximum Gasteiger partial charge on any atom is 0.255 e. The van der Waals surface area contributed by atoms with Gasteiger partial charge in [0, 0.05) is 54.4 Å². The molecule has 11 nitrogen and oxygen atoms in total. The lowest BCUT2D eigenvalue weighted by Gasteiger charge is -2.31. The minimum atomic E-state index is -0.670. The second-order valence-corrected chi connectivity index (χ2v) is 13.2. The number of benzene rings is 1. The van der Waals surface area contributed by atoms with Gasteiger partial charge in [0.05, 0.1) is 12.2 Å². The number of fused-ring (bicyclic) bond motifs is 1. The monoisotopic (exact) mass is 619 g/mol. The van der Waals surface area contributed by atoms with Gasteiger partial charge in [-0.05, 0) is 50.8 Å². The fraction of sp³-hybridized carbons (Fsp3) is 0.647. The molecule has 2 aromatic rings. The van der Waals surface area contributed by atoms with E-state index in [4.69, 9.17) is 0 Å². The molecule has 1 saturated heterocycles. The number of nitrogens with one attached hydrogen (secondary N) is 3. The molecule has 244 valence electrons. The summed E-state index contributed by atoms with van der Waals surface area (Å²) >= 11 is 0. The molecule has 45 heavy (non-hydrogen) atoms. The molecule has 5 rings (SSSR count). The van der Waals surface area contributed by atoms with Gasteiger partial charge in [0.25, 0.3) is 5.91 Å². The topological polar surface area (TPSA) is 138 Å². The molecule has 1 aromatic carbocycles. The van der Waals surface area contributed by atoms with Crippen LogP contribution < -0.4 is 16.0 Å². The molecule has 11 heteroatoms. The van der Waals surface area contributed by atoms with Crippen LogP contribution >= 0.6 is 0 Å². The van der Waals surface area contributed by atoms with Crippen molar-refractivity contribution in [3.05, 3.63) is 41.2 Å². The second kappa shape index (κ2) is 15.6. The predicted molar refractivity (Wildman–Crippen MR) is 171 cm³/mol. The number of carbonyl (C=O) groups excluding carboxylic acids is 4. The molecule has 0 bridgehead atoms. The van der Waals surface area contributed by atoms with Crippen LogP contribution in [0, 0.1) is 0 Å². The molecule has 3 heterocycles. The van der Waals surface area contributed by atoms with Crippen molar-refractivity contribution in [2.24, 2.45) is 0 Å². The number of anilines is 1. The standard InChI is InChI=1S/C34H49N7O4/c1-34(18-9-7-10-19-34)29-24-40(39-38-29)22-21-35-20-11-6-4-2-3-5-8-15-30(42)36-27-14-12-13-25-26(27)23-41(33(25)45)28-16-17-31(43)37-32(28)44/h12-14,24,28,35H,2-11,15-23H2,1H3,(H,36,42)(H,37,43,44). The van der Waals surface area contributed by atoms with E-state index in [0.29, 0.717) is 24.1 Å². The maximum absolute atomic E-state index is 13.0. The molecule has 3 aliphatic rings. The average molecular weight is 620 g/mol. The normalized spacial score (nSPS) is 19.4. The van der Waals surface area contributed by atoms with Crippen LogP contribution in [-0.2, 0) is 32.9 Å². The number of nitrogens with zero attached hydrogens (tertiary/aromatic N) is 4. The van der Waals surface area contributed by atoms with Crippen LogP contribution in [0.15, 0.2) is 24.4 Å². The summed E-state index contributed by atoms with van der Waals surface area (Å²) in [6, 6.07) is 4.60. The predicted octanol–water partition coefficient (Wildman–Crippen LogP) is 4.61. The summed E-state index contributed by atoms with van der Waals surface area (Å²) in [4.78, 5) is 51.0. The summed E-state index contributed by atoms with van der Waals surface area (Å²) in [5.41, 5.74) is 3.20. The number of piperidine rings is 1. The molecule has 2 aliphatic heterocycles. The minimum absolute atomic E-state index is 0.0633. The van der Waals surface area contributed by atoms with E-state index in [1.54, 1.807) is 18.2 Å². The van der Waals surface area contributed by atoms with Crippen molar-refractivity contribution in [3.8, 4) is 0 Å². The lowest BCUT2D eigenvalue weighted by molar-refractivity contribution is -0.137. The van der Waals surface area contributed by atoms with Crippen LogP contribution in [0.5, 0.6) is 0 Å². The highest BCUT2D eigenvalue weighted by atomic mass is 16.2. The summed E-state index contributed by atoms with van der Waals surface area (Å²) in [6.07, 6.45) is 17.2. The molecule has 1 aromatic heterocycles. The number of rotatable bonds is 16. The highest BCUT2D eigenvalue weighted by Gasteiger charge is 2.40. The largest absolute Gasteiger partial charge is 0.326 e. The van der Waals surface area contributed by atoms with E-state index in [1.807, 2.05) is 4.68 Å². The number of unbranched alkanes of at least 4 members (excludes halogenated alkanes) is 6. The quantitative estimate of drug-likeness (QED) is 0.184. The Hall–Kier alpha value is -3.60. The van der Waals surface area contributed by atoms with Crippen molar-refractivity contribution in [1.29, 1.82) is 0 Å². The van der Waals surface area contributed by atoms with Crippen LogP contribution in [0.1, 0.15) is 125 Å². The number of aromatic nitrogens is 3. The molecule has 2 fully saturated rings. The molecule has 0 radical (unpaired) electrons. The number of hydrogen-bond acceptors (Lipinski definition) is 7. The van der Waals surface area contributed by atoms with Gasteiger partial charge in [-0.25, -0.2) is 0 Å². The molecule has 1 atom stereocenters. The van der Waals surface area contributed by atoms with Gasteiger partial charge in [0.15, 0.2) is 0 Å². The number of amides is 4. The number of carbonyl (C=O) groups is 4. The molecule has 4 amide bonds. The van der Waals surface area contributed by atoms with Crippen molar-refractivity contribution in [3.63, 3.8) is 0 Å². The summed E-state index contributed by atoms with van der Waals surface area (Å²) < 4.78 is 1.98. The fourth-order valence-corrected chi connectivity index (χ4v) is 6.93. The Bertz CT molecular complexity index is 1350. The van der Waals surface area contributed by atoms with E-state index in [9.17, 15) is 19.2 Å². The van der Waals surface area contributed by atoms with Crippen molar-refractivity contribution >= 4 is 29.3 Å². The third kappa shape index (κ3) is 8.56. The van der Waals surface area contributed by atoms with E-state index >= 15 is 0 Å². The highest BCUT2D eigenvalue weighted by Crippen LogP contribution is 2.37. The summed E-state index contributed by atoms with van der Waals surface area (Å²) in [7, 11) is 0. The number of imide groups is 1. The van der Waals surface area contributed by atoms with Crippen molar-refractivity contribution in [2.45, 2.75) is 128 Å². The first-order chi connectivity index (χ1) is 21.8. The highest BCUT2D eigenvalue weighted by molar-refractivity contribution is 6.06. The first kappa shape index (κ1) is 32.8. The maximum atomic E-state index is 13.0. The van der Waals surface area contributed by atoms with Crippen LogP contribution in [0.4, 0.5) is 5.69 Å². The van der Waals surface area contributed by atoms with Gasteiger partial charge >= 0.3 is 0 Å². The minimum Gasteiger partial charge on any atom is -0.326 e. The molecule has 0 spiro atoms. The fourth-order valence-electron chi connectivity index (χ4n) is 6.93. The first-order valence-corrected chi connectivity index (χ1v) is 17.0. The molecule has 1 unspecified atom stereocenters. The third-order valence-electron chi connectivity index (χ3n) is 9.75. The third-order valence-corrected chi connectivity index (χ3v) is 9.75. The van der Waals surface area contributed by atoms with Gasteiger partial charge in [-0.1, -0.05) is 69.6 Å². The summed E-state index contributed by atoms with van der Waals surface area (Å²) in [5.74, 6) is -1.05. The van der Waals surface area contributed by atoms with E-state index in [0.717, 1.165) is 56.6 Å². The Morgan fingerprint density at radius 1 is 1.00 bits per heavy atom. The average Bonchev–Trinajstić information content (AvgIpc) is 3.64. The Balaban J connectivity index is 0.896. The van der Waals surface area contributed by atoms with Crippen LogP contribution in [0.25, 0.3) is 0 Å². The second-order valence-electron chi connectivity index (χ2n) is 13.2. The lowest BCUT2D eigenvalue weighted by atomic mass is 9.74. The molecule has 1 aliphatic carbocycles. The number of hydrogen-bond donors (Lipinski definition) is 3. The van der Waals surface area contributed by atoms with Gasteiger partial charge in [0.1, 0.15) is 6.04 Å². The zero-order valence-electron chi connectivity index (χ0n) is 26.7.